The number of aliphatic hydroxyl groups is 1. The molecule has 0 atom stereocenters. The molecule has 1 N–H and O–H groups in total. The number of hydrogen-bond acceptors (Lipinski definition) is 1. The van der Waals surface area contributed by atoms with Gasteiger partial charge < -0.3 is 5.11 Å². The highest BCUT2D eigenvalue weighted by Gasteiger charge is 2.27. The zero-order valence-electron chi connectivity index (χ0n) is 10.5. The van der Waals surface area contributed by atoms with E-state index in [0.717, 1.165) is 31.2 Å². The fourth-order valence-electron chi connectivity index (χ4n) is 2.26. The van der Waals surface area contributed by atoms with E-state index in [2.05, 4.69) is 13.8 Å². The molecule has 0 unspecified atom stereocenters. The lowest BCUT2D eigenvalue weighted by Crippen LogP contribution is -2.31. The largest absolute Gasteiger partial charge is 0.390 e. The lowest BCUT2D eigenvalue weighted by molar-refractivity contribution is 0.0216. The molecule has 0 aliphatic heterocycles. The average molecular weight is 275 g/mol. The van der Waals surface area contributed by atoms with Gasteiger partial charge in [0.25, 0.3) is 0 Å². The quantitative estimate of drug-likeness (QED) is 0.785. The smallest absolute Gasteiger partial charge is 0.0688 e. The molecule has 0 aromatic heterocycles. The van der Waals surface area contributed by atoms with Crippen LogP contribution < -0.4 is 0 Å². The van der Waals surface area contributed by atoms with Crippen LogP contribution in [0.4, 0.5) is 0 Å². The summed E-state index contributed by atoms with van der Waals surface area (Å²) in [4.78, 5) is 0. The van der Waals surface area contributed by atoms with Crippen molar-refractivity contribution in [3.05, 3.63) is 33.8 Å². The van der Waals surface area contributed by atoms with Crippen LogP contribution in [0.2, 0.25) is 10.0 Å². The molecule has 3 heteroatoms. The van der Waals surface area contributed by atoms with Crippen LogP contribution in [-0.2, 0) is 6.42 Å². The summed E-state index contributed by atoms with van der Waals surface area (Å²) >= 11 is 12.3. The van der Waals surface area contributed by atoms with Gasteiger partial charge in [-0.15, -0.1) is 0 Å². The number of hydrogen-bond donors (Lipinski definition) is 1. The predicted molar refractivity (Wildman–Crippen MR) is 74.9 cm³/mol. The van der Waals surface area contributed by atoms with Gasteiger partial charge in [-0.2, -0.15) is 0 Å². The minimum atomic E-state index is -0.682. The van der Waals surface area contributed by atoms with Crippen LogP contribution >= 0.6 is 23.2 Å². The minimum Gasteiger partial charge on any atom is -0.390 e. The SMILES string of the molecule is CCCC(O)(CCC)Cc1c(Cl)cccc1Cl. The molecule has 0 heterocycles. The van der Waals surface area contributed by atoms with Crippen molar-refractivity contribution in [2.45, 2.75) is 51.6 Å². The van der Waals surface area contributed by atoms with Crippen LogP contribution in [0.25, 0.3) is 0 Å². The van der Waals surface area contributed by atoms with E-state index < -0.39 is 5.60 Å². The van der Waals surface area contributed by atoms with Crippen LogP contribution in [0.15, 0.2) is 18.2 Å². The summed E-state index contributed by atoms with van der Waals surface area (Å²) in [5, 5.41) is 11.9. The lowest BCUT2D eigenvalue weighted by atomic mass is 9.86. The molecule has 1 aromatic carbocycles. The van der Waals surface area contributed by atoms with E-state index in [1.165, 1.54) is 0 Å². The highest BCUT2D eigenvalue weighted by atomic mass is 35.5. The molecule has 0 saturated heterocycles. The molecule has 0 aliphatic rings. The van der Waals surface area contributed by atoms with Crippen molar-refractivity contribution in [1.29, 1.82) is 0 Å². The molecule has 1 rings (SSSR count). The van der Waals surface area contributed by atoms with Crippen molar-refractivity contribution < 1.29 is 5.11 Å². The van der Waals surface area contributed by atoms with Crippen LogP contribution in [0.5, 0.6) is 0 Å². The van der Waals surface area contributed by atoms with Gasteiger partial charge in [-0.25, -0.2) is 0 Å². The number of rotatable bonds is 6. The molecule has 17 heavy (non-hydrogen) atoms. The molecule has 0 spiro atoms. The van der Waals surface area contributed by atoms with Crippen molar-refractivity contribution in [3.8, 4) is 0 Å². The van der Waals surface area contributed by atoms with Crippen molar-refractivity contribution in [2.24, 2.45) is 0 Å². The second kappa shape index (κ2) is 6.63. The standard InChI is InChI=1S/C14H20Cl2O/c1-3-8-14(17,9-4-2)10-11-12(15)6-5-7-13(11)16/h5-7,17H,3-4,8-10H2,1-2H3. The van der Waals surface area contributed by atoms with Crippen molar-refractivity contribution in [3.63, 3.8) is 0 Å². The molecule has 1 nitrogen and oxygen atoms in total. The second-order valence-electron chi connectivity index (χ2n) is 4.60. The molecule has 0 saturated carbocycles. The van der Waals surface area contributed by atoms with Gasteiger partial charge in [-0.1, -0.05) is 56.0 Å². The number of halogens is 2. The van der Waals surface area contributed by atoms with E-state index in [1.54, 1.807) is 0 Å². The third-order valence-electron chi connectivity index (χ3n) is 3.00. The first kappa shape index (κ1) is 14.8. The summed E-state index contributed by atoms with van der Waals surface area (Å²) in [5.41, 5.74) is 0.179. The Balaban J connectivity index is 2.93. The molecule has 0 fully saturated rings. The summed E-state index contributed by atoms with van der Waals surface area (Å²) in [7, 11) is 0. The van der Waals surface area contributed by atoms with Crippen LogP contribution in [0.3, 0.4) is 0 Å². The van der Waals surface area contributed by atoms with Crippen LogP contribution in [0.1, 0.15) is 45.1 Å². The lowest BCUT2D eigenvalue weighted by Gasteiger charge is -2.28. The topological polar surface area (TPSA) is 20.2 Å². The fourth-order valence-corrected chi connectivity index (χ4v) is 2.79. The van der Waals surface area contributed by atoms with Gasteiger partial charge in [0, 0.05) is 16.5 Å². The van der Waals surface area contributed by atoms with Gasteiger partial charge in [0.15, 0.2) is 0 Å². The Hall–Kier alpha value is -0.240. The molecular formula is C14H20Cl2O. The van der Waals surface area contributed by atoms with Gasteiger partial charge >= 0.3 is 0 Å². The fraction of sp³-hybridized carbons (Fsp3) is 0.571. The average Bonchev–Trinajstić information content (AvgIpc) is 2.24. The summed E-state index contributed by atoms with van der Waals surface area (Å²) in [5.74, 6) is 0. The van der Waals surface area contributed by atoms with E-state index in [1.807, 2.05) is 18.2 Å². The maximum Gasteiger partial charge on any atom is 0.0688 e. The van der Waals surface area contributed by atoms with Gasteiger partial charge in [-0.05, 0) is 30.5 Å². The molecule has 96 valence electrons. The first-order valence-electron chi connectivity index (χ1n) is 6.17. The summed E-state index contributed by atoms with van der Waals surface area (Å²) in [6.07, 6.45) is 4.01. The summed E-state index contributed by atoms with van der Waals surface area (Å²) in [6, 6.07) is 5.47. The Labute approximate surface area is 114 Å². The Bertz CT molecular complexity index is 337. The van der Waals surface area contributed by atoms with E-state index in [-0.39, 0.29) is 0 Å². The van der Waals surface area contributed by atoms with E-state index in [0.29, 0.717) is 16.5 Å². The van der Waals surface area contributed by atoms with E-state index in [9.17, 15) is 5.11 Å². The summed E-state index contributed by atoms with van der Waals surface area (Å²) < 4.78 is 0. The molecule has 0 radical (unpaired) electrons. The van der Waals surface area contributed by atoms with Gasteiger partial charge in [0.1, 0.15) is 0 Å². The third kappa shape index (κ3) is 4.17. The maximum atomic E-state index is 10.6. The van der Waals surface area contributed by atoms with Crippen molar-refractivity contribution in [1.82, 2.24) is 0 Å². The maximum absolute atomic E-state index is 10.6. The van der Waals surface area contributed by atoms with Gasteiger partial charge in [-0.3, -0.25) is 0 Å². The van der Waals surface area contributed by atoms with E-state index >= 15 is 0 Å². The van der Waals surface area contributed by atoms with Crippen LogP contribution in [0, 0.1) is 0 Å². The van der Waals surface area contributed by atoms with Gasteiger partial charge in [0.05, 0.1) is 5.60 Å². The molecular weight excluding hydrogens is 255 g/mol. The Morgan fingerprint density at radius 1 is 1.06 bits per heavy atom. The highest BCUT2D eigenvalue weighted by Crippen LogP contribution is 2.32. The molecule has 0 amide bonds. The predicted octanol–water partition coefficient (Wildman–Crippen LogP) is 4.87. The molecule has 0 aliphatic carbocycles. The zero-order chi connectivity index (χ0) is 12.9. The van der Waals surface area contributed by atoms with Crippen molar-refractivity contribution in [2.75, 3.05) is 0 Å². The Morgan fingerprint density at radius 3 is 1.94 bits per heavy atom. The van der Waals surface area contributed by atoms with Gasteiger partial charge in [0.2, 0.25) is 0 Å². The van der Waals surface area contributed by atoms with E-state index in [4.69, 9.17) is 23.2 Å². The highest BCUT2D eigenvalue weighted by molar-refractivity contribution is 6.36. The minimum absolute atomic E-state index is 0.535. The molecule has 1 aromatic rings. The van der Waals surface area contributed by atoms with Crippen molar-refractivity contribution >= 4 is 23.2 Å². The normalized spacial score (nSPS) is 11.8. The first-order valence-corrected chi connectivity index (χ1v) is 6.93. The molecule has 0 bridgehead atoms. The summed E-state index contributed by atoms with van der Waals surface area (Å²) in [6.45, 7) is 4.16. The zero-order valence-corrected chi connectivity index (χ0v) is 12.0. The first-order chi connectivity index (χ1) is 8.02. The van der Waals surface area contributed by atoms with Crippen LogP contribution in [-0.4, -0.2) is 10.7 Å². The Morgan fingerprint density at radius 2 is 1.53 bits per heavy atom. The third-order valence-corrected chi connectivity index (χ3v) is 3.71. The monoisotopic (exact) mass is 274 g/mol. The Kier molecular flexibility index (Phi) is 5.78. The second-order valence-corrected chi connectivity index (χ2v) is 5.42. The number of benzene rings is 1.